The van der Waals surface area contributed by atoms with E-state index in [1.54, 1.807) is 12.3 Å². The Morgan fingerprint density at radius 1 is 1.10 bits per heavy atom. The average Bonchev–Trinajstić information content (AvgIpc) is 2.51. The van der Waals surface area contributed by atoms with E-state index in [2.05, 4.69) is 4.98 Å². The monoisotopic (exact) mass is 302 g/mol. The van der Waals surface area contributed by atoms with E-state index in [1.807, 2.05) is 30.3 Å². The molecule has 2 aromatic carbocycles. The maximum Gasteiger partial charge on any atom is 0.134 e. The Kier molecular flexibility index (Phi) is 4.98. The lowest BCUT2D eigenvalue weighted by molar-refractivity contribution is 0.278. The molecule has 0 unspecified atom stereocenters. The third kappa shape index (κ3) is 3.84. The predicted molar refractivity (Wildman–Crippen MR) is 85.2 cm³/mol. The average molecular weight is 303 g/mol. The molecule has 0 aliphatic heterocycles. The Bertz CT molecular complexity index is 742. The van der Waals surface area contributed by atoms with Gasteiger partial charge in [0.1, 0.15) is 5.75 Å². The molecule has 5 heteroatoms. The number of aliphatic hydroxyl groups excluding tert-OH is 1. The number of phenolic OH excluding ortho intramolecular Hbond substituents is 1. The molecule has 0 amide bonds. The minimum absolute atomic E-state index is 0.00134. The third-order valence-electron chi connectivity index (χ3n) is 2.88. The van der Waals surface area contributed by atoms with Gasteiger partial charge in [0.15, 0.2) is 0 Å². The molecule has 3 aromatic rings. The normalized spacial score (nSPS) is 10.0. The molecule has 0 saturated heterocycles. The summed E-state index contributed by atoms with van der Waals surface area (Å²) in [7, 11) is 0. The molecule has 3 rings (SSSR count). The van der Waals surface area contributed by atoms with Gasteiger partial charge in [-0.05, 0) is 29.7 Å². The molecule has 0 aliphatic rings. The van der Waals surface area contributed by atoms with Gasteiger partial charge in [0, 0.05) is 17.3 Å². The van der Waals surface area contributed by atoms with Crippen LogP contribution in [-0.4, -0.2) is 15.2 Å². The van der Waals surface area contributed by atoms with Crippen molar-refractivity contribution in [2.75, 3.05) is 5.73 Å². The van der Waals surface area contributed by atoms with Crippen molar-refractivity contribution in [2.45, 2.75) is 6.61 Å². The van der Waals surface area contributed by atoms with Gasteiger partial charge in [-0.2, -0.15) is 0 Å². The van der Waals surface area contributed by atoms with Gasteiger partial charge >= 0.3 is 0 Å². The first kappa shape index (κ1) is 15.1. The van der Waals surface area contributed by atoms with Crippen molar-refractivity contribution in [1.29, 1.82) is 0 Å². The Balaban J connectivity index is 0.000000161. The van der Waals surface area contributed by atoms with Gasteiger partial charge in [-0.1, -0.05) is 35.9 Å². The lowest BCUT2D eigenvalue weighted by atomic mass is 10.1. The number of pyridine rings is 1. The van der Waals surface area contributed by atoms with E-state index in [9.17, 15) is 0 Å². The molecule has 0 atom stereocenters. The van der Waals surface area contributed by atoms with Crippen LogP contribution in [0.15, 0.2) is 54.7 Å². The van der Waals surface area contributed by atoms with Gasteiger partial charge < -0.3 is 15.9 Å². The molecule has 0 saturated carbocycles. The fraction of sp³-hybridized carbons (Fsp3) is 0.0625. The van der Waals surface area contributed by atoms with Gasteiger partial charge in [-0.3, -0.25) is 4.98 Å². The Morgan fingerprint density at radius 2 is 1.86 bits per heavy atom. The number of phenols is 1. The fourth-order valence-electron chi connectivity index (χ4n) is 1.83. The van der Waals surface area contributed by atoms with Crippen molar-refractivity contribution in [1.82, 2.24) is 4.98 Å². The van der Waals surface area contributed by atoms with Crippen LogP contribution in [0, 0.1) is 0 Å². The number of aliphatic hydroxyl groups is 1. The first-order chi connectivity index (χ1) is 10.1. The fourth-order valence-corrected chi connectivity index (χ4v) is 2.02. The van der Waals surface area contributed by atoms with Crippen molar-refractivity contribution in [3.05, 3.63) is 65.4 Å². The second kappa shape index (κ2) is 6.92. The maximum atomic E-state index is 8.97. The molecule has 0 fully saturated rings. The zero-order chi connectivity index (χ0) is 15.2. The van der Waals surface area contributed by atoms with E-state index < -0.39 is 0 Å². The summed E-state index contributed by atoms with van der Waals surface area (Å²) in [6, 6.07) is 14.4. The molecule has 4 N–H and O–H groups in total. The topological polar surface area (TPSA) is 79.4 Å². The highest BCUT2D eigenvalue weighted by Crippen LogP contribution is 2.24. The van der Waals surface area contributed by atoms with Gasteiger partial charge in [0.2, 0.25) is 0 Å². The zero-order valence-electron chi connectivity index (χ0n) is 11.2. The Hall–Kier alpha value is -2.30. The number of aromatic nitrogens is 1. The van der Waals surface area contributed by atoms with Crippen LogP contribution in [0.25, 0.3) is 10.8 Å². The number of rotatable bonds is 1. The summed E-state index contributed by atoms with van der Waals surface area (Å²) in [5.41, 5.74) is 6.63. The molecule has 4 nitrogen and oxygen atoms in total. The van der Waals surface area contributed by atoms with E-state index >= 15 is 0 Å². The van der Waals surface area contributed by atoms with Crippen LogP contribution in [-0.2, 0) is 6.61 Å². The van der Waals surface area contributed by atoms with Crippen molar-refractivity contribution < 1.29 is 10.2 Å². The Morgan fingerprint density at radius 3 is 2.52 bits per heavy atom. The number of halogens is 1. The molecule has 108 valence electrons. The molecule has 21 heavy (non-hydrogen) atoms. The van der Waals surface area contributed by atoms with Gasteiger partial charge in [0.05, 0.1) is 17.3 Å². The number of nitrogens with two attached hydrogens (primary N) is 1. The summed E-state index contributed by atoms with van der Waals surface area (Å²) < 4.78 is 0. The second-order valence-electron chi connectivity index (χ2n) is 4.35. The smallest absolute Gasteiger partial charge is 0.134 e. The van der Waals surface area contributed by atoms with Gasteiger partial charge in [0.25, 0.3) is 0 Å². The predicted octanol–water partition coefficient (Wildman–Crippen LogP) is 3.35. The molecule has 0 radical (unpaired) electrons. The molecule has 1 heterocycles. The molecule has 1 aromatic heterocycles. The summed E-state index contributed by atoms with van der Waals surface area (Å²) in [6.07, 6.45) is 1.72. The number of nitrogens with zero attached hydrogens (tertiary/aromatic N) is 1. The second-order valence-corrected chi connectivity index (χ2v) is 4.75. The van der Waals surface area contributed by atoms with Crippen molar-refractivity contribution in [3.8, 4) is 5.75 Å². The summed E-state index contributed by atoms with van der Waals surface area (Å²) in [6.45, 7) is 0.00134. The van der Waals surface area contributed by atoms with Crippen LogP contribution in [0.1, 0.15) is 5.69 Å². The van der Waals surface area contributed by atoms with Gasteiger partial charge in [-0.15, -0.1) is 0 Å². The highest BCUT2D eigenvalue weighted by molar-refractivity contribution is 6.32. The van der Waals surface area contributed by atoms with E-state index in [-0.39, 0.29) is 17.4 Å². The van der Waals surface area contributed by atoms with Crippen molar-refractivity contribution in [3.63, 3.8) is 0 Å². The van der Waals surface area contributed by atoms with Crippen LogP contribution >= 0.6 is 11.6 Å². The number of nitrogen functional groups attached to an aromatic ring is 1. The van der Waals surface area contributed by atoms with Crippen LogP contribution in [0.2, 0.25) is 5.02 Å². The minimum Gasteiger partial charge on any atom is -0.506 e. The first-order valence-electron chi connectivity index (χ1n) is 6.29. The van der Waals surface area contributed by atoms with Crippen LogP contribution in [0.4, 0.5) is 5.69 Å². The largest absolute Gasteiger partial charge is 0.506 e. The first-order valence-corrected chi connectivity index (χ1v) is 6.67. The number of anilines is 1. The van der Waals surface area contributed by atoms with Gasteiger partial charge in [-0.25, -0.2) is 0 Å². The Labute approximate surface area is 127 Å². The number of aromatic hydroxyl groups is 1. The number of benzene rings is 2. The molecule has 0 bridgehead atoms. The van der Waals surface area contributed by atoms with Crippen LogP contribution in [0.3, 0.4) is 0 Å². The lowest BCUT2D eigenvalue weighted by Gasteiger charge is -2.00. The molecular weight excluding hydrogens is 288 g/mol. The number of hydrogen-bond donors (Lipinski definition) is 3. The van der Waals surface area contributed by atoms with Crippen LogP contribution in [0.5, 0.6) is 5.75 Å². The minimum atomic E-state index is 0.00134. The molecule has 0 aliphatic carbocycles. The standard InChI is InChI=1S/C10H9NO.C6H6ClNO/c12-7-10-9-4-2-1-3-8(9)5-6-11-10;7-5-3-4(8)1-2-6(5)9/h1-6,12H,7H2;1-3,9H,8H2. The zero-order valence-corrected chi connectivity index (χ0v) is 12.0. The lowest BCUT2D eigenvalue weighted by Crippen LogP contribution is -1.89. The quantitative estimate of drug-likeness (QED) is 0.476. The van der Waals surface area contributed by atoms with E-state index in [4.69, 9.17) is 27.5 Å². The van der Waals surface area contributed by atoms with Crippen LogP contribution < -0.4 is 5.73 Å². The van der Waals surface area contributed by atoms with E-state index in [0.29, 0.717) is 5.69 Å². The molecule has 0 spiro atoms. The maximum absolute atomic E-state index is 8.97. The number of fused-ring (bicyclic) bond motifs is 1. The third-order valence-corrected chi connectivity index (χ3v) is 3.18. The molecular formula is C16H15ClN2O2. The van der Waals surface area contributed by atoms with Crippen molar-refractivity contribution >= 4 is 28.1 Å². The SMILES string of the molecule is Nc1ccc(O)c(Cl)c1.OCc1nccc2ccccc12. The highest BCUT2D eigenvalue weighted by atomic mass is 35.5. The number of hydrogen-bond acceptors (Lipinski definition) is 4. The summed E-state index contributed by atoms with van der Waals surface area (Å²) in [5.74, 6) is 0.0610. The van der Waals surface area contributed by atoms with E-state index in [0.717, 1.165) is 16.5 Å². The summed E-state index contributed by atoms with van der Waals surface area (Å²) in [4.78, 5) is 4.08. The van der Waals surface area contributed by atoms with Crippen molar-refractivity contribution in [2.24, 2.45) is 0 Å². The van der Waals surface area contributed by atoms with E-state index in [1.165, 1.54) is 12.1 Å². The summed E-state index contributed by atoms with van der Waals surface area (Å²) >= 11 is 5.48. The summed E-state index contributed by atoms with van der Waals surface area (Å²) in [5, 5.41) is 20.3. The highest BCUT2D eigenvalue weighted by Gasteiger charge is 1.98.